The van der Waals surface area contributed by atoms with Gasteiger partial charge >= 0.3 is 0 Å². The Labute approximate surface area is 241 Å². The van der Waals surface area contributed by atoms with Gasteiger partial charge in [0.1, 0.15) is 29.1 Å². The van der Waals surface area contributed by atoms with Crippen molar-refractivity contribution in [2.75, 3.05) is 35.2 Å². The highest BCUT2D eigenvalue weighted by Crippen LogP contribution is 2.53. The summed E-state index contributed by atoms with van der Waals surface area (Å²) in [5.41, 5.74) is 3.75. The summed E-state index contributed by atoms with van der Waals surface area (Å²) in [6, 6.07) is 26.0. The van der Waals surface area contributed by atoms with E-state index in [2.05, 4.69) is 26.0 Å². The van der Waals surface area contributed by atoms with Crippen LogP contribution in [0.2, 0.25) is 0 Å². The van der Waals surface area contributed by atoms with Crippen molar-refractivity contribution < 1.29 is 28.8 Å². The van der Waals surface area contributed by atoms with E-state index < -0.39 is 6.10 Å². The number of hydrogen-bond donors (Lipinski definition) is 1. The molecule has 0 unspecified atom stereocenters. The number of para-hydroxylation sites is 1. The van der Waals surface area contributed by atoms with Gasteiger partial charge in [0.05, 0.1) is 26.9 Å². The molecule has 0 aliphatic heterocycles. The van der Waals surface area contributed by atoms with Gasteiger partial charge in [0, 0.05) is 29.2 Å². The Kier molecular flexibility index (Phi) is 8.34. The third kappa shape index (κ3) is 4.94. The third-order valence-corrected chi connectivity index (χ3v) is 7.51. The van der Waals surface area contributed by atoms with E-state index in [1.54, 1.807) is 28.4 Å². The number of aliphatic hydroxyl groups is 1. The summed E-state index contributed by atoms with van der Waals surface area (Å²) in [6.45, 7) is 4.23. The van der Waals surface area contributed by atoms with Crippen LogP contribution in [-0.2, 0) is 4.74 Å². The fourth-order valence-corrected chi connectivity index (χ4v) is 5.70. The largest absolute Gasteiger partial charge is 0.496 e. The minimum atomic E-state index is -1.14. The molecule has 0 heterocycles. The van der Waals surface area contributed by atoms with E-state index in [1.807, 2.05) is 66.7 Å². The fraction of sp³-hybridized carbons (Fsp3) is 0.257. The first kappa shape index (κ1) is 28.3. The SMILES string of the molecule is COCOc1c(C(C)C)cccc1[C@@H](O)c1c(OC)c(-c2c(OC)ccc3ccccc23)c2ccccc2c1OC. The van der Waals surface area contributed by atoms with Crippen molar-refractivity contribution in [3.05, 3.63) is 95.6 Å². The summed E-state index contributed by atoms with van der Waals surface area (Å²) in [4.78, 5) is 0. The lowest BCUT2D eigenvalue weighted by molar-refractivity contribution is 0.0478. The highest BCUT2D eigenvalue weighted by molar-refractivity contribution is 6.12. The zero-order valence-electron chi connectivity index (χ0n) is 24.4. The summed E-state index contributed by atoms with van der Waals surface area (Å²) in [5.74, 6) is 2.46. The lowest BCUT2D eigenvalue weighted by Gasteiger charge is -2.27. The Hall–Kier alpha value is -4.26. The van der Waals surface area contributed by atoms with Gasteiger partial charge in [0.15, 0.2) is 6.79 Å². The summed E-state index contributed by atoms with van der Waals surface area (Å²) in [6.07, 6.45) is -1.14. The predicted octanol–water partition coefficient (Wildman–Crippen LogP) is 7.87. The lowest BCUT2D eigenvalue weighted by Crippen LogP contribution is -2.12. The molecule has 0 fully saturated rings. The Bertz CT molecular complexity index is 1690. The van der Waals surface area contributed by atoms with E-state index >= 15 is 0 Å². The first-order valence-corrected chi connectivity index (χ1v) is 13.6. The molecule has 6 nitrogen and oxygen atoms in total. The number of ether oxygens (including phenoxy) is 5. The molecular weight excluding hydrogens is 516 g/mol. The summed E-state index contributed by atoms with van der Waals surface area (Å²) in [7, 11) is 6.47. The van der Waals surface area contributed by atoms with Gasteiger partial charge in [-0.15, -0.1) is 0 Å². The Morgan fingerprint density at radius 2 is 1.27 bits per heavy atom. The molecular formula is C35H36O6. The smallest absolute Gasteiger partial charge is 0.188 e. The Morgan fingerprint density at radius 3 is 1.93 bits per heavy atom. The molecule has 0 bridgehead atoms. The van der Waals surface area contributed by atoms with Crippen LogP contribution in [0.25, 0.3) is 32.7 Å². The molecule has 0 aromatic heterocycles. The molecule has 1 N–H and O–H groups in total. The molecule has 212 valence electrons. The van der Waals surface area contributed by atoms with Crippen molar-refractivity contribution >= 4 is 21.5 Å². The van der Waals surface area contributed by atoms with E-state index in [9.17, 15) is 5.11 Å². The van der Waals surface area contributed by atoms with Gasteiger partial charge < -0.3 is 28.8 Å². The number of benzene rings is 5. The van der Waals surface area contributed by atoms with Gasteiger partial charge in [0.25, 0.3) is 0 Å². The molecule has 0 aliphatic carbocycles. The van der Waals surface area contributed by atoms with Gasteiger partial charge in [-0.1, -0.05) is 86.6 Å². The zero-order chi connectivity index (χ0) is 29.1. The maximum absolute atomic E-state index is 12.3. The van der Waals surface area contributed by atoms with Gasteiger partial charge in [-0.2, -0.15) is 0 Å². The molecule has 6 heteroatoms. The number of rotatable bonds is 10. The standard InChI is InChI=1S/C35H36O6/c1-21(2)23-16-11-17-27(33(23)41-20-37-3)32(36)31-34(39-5)26-15-10-9-14-25(26)30(35(31)40-6)29-24-13-8-7-12-22(24)18-19-28(29)38-4/h7-19,21,32,36H,20H2,1-6H3/t32-/m1/s1. The maximum atomic E-state index is 12.3. The number of fused-ring (bicyclic) bond motifs is 2. The molecule has 41 heavy (non-hydrogen) atoms. The van der Waals surface area contributed by atoms with Crippen LogP contribution in [0.4, 0.5) is 0 Å². The normalized spacial score (nSPS) is 12.1. The molecule has 0 amide bonds. The Morgan fingerprint density at radius 1 is 0.610 bits per heavy atom. The minimum absolute atomic E-state index is 0.0495. The first-order chi connectivity index (χ1) is 20.0. The monoisotopic (exact) mass is 552 g/mol. The van der Waals surface area contributed by atoms with E-state index in [-0.39, 0.29) is 12.7 Å². The zero-order valence-corrected chi connectivity index (χ0v) is 24.4. The average Bonchev–Trinajstić information content (AvgIpc) is 3.01. The summed E-state index contributed by atoms with van der Waals surface area (Å²) in [5, 5.41) is 16.1. The van der Waals surface area contributed by atoms with Crippen LogP contribution in [0.3, 0.4) is 0 Å². The van der Waals surface area contributed by atoms with Crippen LogP contribution in [0, 0.1) is 0 Å². The maximum Gasteiger partial charge on any atom is 0.188 e. The van der Waals surface area contributed by atoms with Crippen molar-refractivity contribution in [1.29, 1.82) is 0 Å². The molecule has 0 aliphatic rings. The van der Waals surface area contributed by atoms with Gasteiger partial charge in [-0.05, 0) is 33.7 Å². The molecule has 0 radical (unpaired) electrons. The number of aliphatic hydroxyl groups excluding tert-OH is 1. The summed E-state index contributed by atoms with van der Waals surface area (Å²) < 4.78 is 29.5. The fourth-order valence-electron chi connectivity index (χ4n) is 5.70. The summed E-state index contributed by atoms with van der Waals surface area (Å²) >= 11 is 0. The average molecular weight is 553 g/mol. The van der Waals surface area contributed by atoms with Crippen LogP contribution in [0.5, 0.6) is 23.0 Å². The first-order valence-electron chi connectivity index (χ1n) is 13.6. The van der Waals surface area contributed by atoms with Crippen LogP contribution in [0.1, 0.15) is 42.6 Å². The van der Waals surface area contributed by atoms with Crippen molar-refractivity contribution in [3.63, 3.8) is 0 Å². The van der Waals surface area contributed by atoms with Gasteiger partial charge in [0.2, 0.25) is 0 Å². The molecule has 0 saturated heterocycles. The van der Waals surface area contributed by atoms with Gasteiger partial charge in [-0.25, -0.2) is 0 Å². The van der Waals surface area contributed by atoms with Crippen LogP contribution < -0.4 is 18.9 Å². The predicted molar refractivity (Wildman–Crippen MR) is 164 cm³/mol. The van der Waals surface area contributed by atoms with Crippen molar-refractivity contribution in [3.8, 4) is 34.1 Å². The quantitative estimate of drug-likeness (QED) is 0.178. The highest BCUT2D eigenvalue weighted by atomic mass is 16.7. The molecule has 5 aromatic carbocycles. The van der Waals surface area contributed by atoms with E-state index in [1.165, 1.54) is 0 Å². The lowest BCUT2D eigenvalue weighted by atomic mass is 9.86. The van der Waals surface area contributed by atoms with Crippen LogP contribution >= 0.6 is 0 Å². The second-order valence-electron chi connectivity index (χ2n) is 10.1. The van der Waals surface area contributed by atoms with E-state index in [0.717, 1.165) is 38.2 Å². The molecule has 0 spiro atoms. The molecule has 1 atom stereocenters. The second-order valence-corrected chi connectivity index (χ2v) is 10.1. The molecule has 5 aromatic rings. The van der Waals surface area contributed by atoms with Gasteiger partial charge in [-0.3, -0.25) is 0 Å². The second kappa shape index (κ2) is 12.1. The van der Waals surface area contributed by atoms with E-state index in [0.29, 0.717) is 34.1 Å². The van der Waals surface area contributed by atoms with Crippen molar-refractivity contribution in [2.45, 2.75) is 25.9 Å². The van der Waals surface area contributed by atoms with E-state index in [4.69, 9.17) is 23.7 Å². The number of methoxy groups -OCH3 is 4. The Balaban J connectivity index is 1.92. The topological polar surface area (TPSA) is 66.4 Å². The molecule has 5 rings (SSSR count). The molecule has 0 saturated carbocycles. The third-order valence-electron chi connectivity index (χ3n) is 7.51. The van der Waals surface area contributed by atoms with Crippen LogP contribution in [-0.4, -0.2) is 40.3 Å². The van der Waals surface area contributed by atoms with Crippen molar-refractivity contribution in [2.24, 2.45) is 0 Å². The van der Waals surface area contributed by atoms with Crippen LogP contribution in [0.15, 0.2) is 78.9 Å². The van der Waals surface area contributed by atoms with Crippen molar-refractivity contribution in [1.82, 2.24) is 0 Å². The highest BCUT2D eigenvalue weighted by Gasteiger charge is 2.31. The number of hydrogen-bond acceptors (Lipinski definition) is 6. The minimum Gasteiger partial charge on any atom is -0.496 e.